The van der Waals surface area contributed by atoms with Gasteiger partial charge in [0.15, 0.2) is 0 Å². The average molecular weight is 626 g/mol. The van der Waals surface area contributed by atoms with E-state index in [2.05, 4.69) is 34.6 Å². The van der Waals surface area contributed by atoms with E-state index in [1.54, 1.807) is 24.3 Å². The Morgan fingerprint density at radius 3 is 2.22 bits per heavy atom. The van der Waals surface area contributed by atoms with E-state index < -0.39 is 11.5 Å². The number of amides is 1. The molecule has 3 unspecified atom stereocenters. The maximum absolute atomic E-state index is 14.2. The fourth-order valence-corrected chi connectivity index (χ4v) is 12.7. The maximum Gasteiger partial charge on any atom is 0.335 e. The molecule has 4 saturated carbocycles. The highest BCUT2D eigenvalue weighted by atomic mass is 16.5. The van der Waals surface area contributed by atoms with E-state index in [1.807, 2.05) is 35.2 Å². The van der Waals surface area contributed by atoms with Gasteiger partial charge in [-0.05, 0) is 135 Å². The molecule has 7 rings (SSSR count). The van der Waals surface area contributed by atoms with Crippen molar-refractivity contribution < 1.29 is 24.2 Å². The predicted octanol–water partition coefficient (Wildman–Crippen LogP) is 8.68. The molecule has 0 bridgehead atoms. The standard InChI is InChI=1S/C40H51NO5/c1-36(2)31-19-21-39(5)32(37(31,3)24-33(42)41(36)28-15-13-27(14-16-28)34(43)44)18-17-29-30-12-9-20-40(30,23-22-38(29,39)4)35(45)46-25-26-10-7-6-8-11-26/h6-8,10-11,13-16,29-32H,9,12,17-25H2,1-5H3,(H,43,44)/t29?,30-,31+,32-,37?,38-,39?,40+/m1/s1. The first-order valence-electron chi connectivity index (χ1n) is 17.7. The fourth-order valence-electron chi connectivity index (χ4n) is 12.7. The summed E-state index contributed by atoms with van der Waals surface area (Å²) < 4.78 is 6.09. The molecule has 1 saturated heterocycles. The minimum atomic E-state index is -0.958. The Hall–Kier alpha value is -3.15. The number of hydrogen-bond acceptors (Lipinski definition) is 4. The predicted molar refractivity (Wildman–Crippen MR) is 178 cm³/mol. The third kappa shape index (κ3) is 4.30. The SMILES string of the molecule is CC12CC(=O)N(c3ccc(C(=O)O)cc3)C(C)(C)[C@@H]1CCC1(C)[C@@H]2CCC2[C@H]3CCC[C@]3(C(=O)OCc3ccccc3)CC[C@]21C. The van der Waals surface area contributed by atoms with Gasteiger partial charge in [0.05, 0.1) is 11.0 Å². The van der Waals surface area contributed by atoms with Crippen molar-refractivity contribution >= 4 is 23.5 Å². The lowest BCUT2D eigenvalue weighted by atomic mass is 9.33. The number of carboxylic acid groups (broad SMARTS) is 1. The largest absolute Gasteiger partial charge is 0.478 e. The Kier molecular flexibility index (Phi) is 7.30. The van der Waals surface area contributed by atoms with Gasteiger partial charge in [-0.25, -0.2) is 4.79 Å². The van der Waals surface area contributed by atoms with Crippen LogP contribution < -0.4 is 4.90 Å². The quantitative estimate of drug-likeness (QED) is 0.336. The van der Waals surface area contributed by atoms with Gasteiger partial charge in [0.1, 0.15) is 6.61 Å². The highest BCUT2D eigenvalue weighted by molar-refractivity contribution is 5.97. The second-order valence-electron chi connectivity index (χ2n) is 16.8. The van der Waals surface area contributed by atoms with Crippen LogP contribution in [0.15, 0.2) is 54.6 Å². The molecule has 6 nitrogen and oxygen atoms in total. The molecule has 8 atom stereocenters. The van der Waals surface area contributed by atoms with Gasteiger partial charge in [0.25, 0.3) is 0 Å². The number of ether oxygens (including phenoxy) is 1. The van der Waals surface area contributed by atoms with Crippen LogP contribution in [0.5, 0.6) is 0 Å². The molecule has 2 aromatic rings. The van der Waals surface area contributed by atoms with Crippen LogP contribution in [0.25, 0.3) is 0 Å². The Bertz CT molecular complexity index is 1530. The molecule has 2 aromatic carbocycles. The molecule has 1 aliphatic heterocycles. The highest BCUT2D eigenvalue weighted by Crippen LogP contribution is 2.76. The fraction of sp³-hybridized carbons (Fsp3) is 0.625. The number of piperidine rings is 1. The Morgan fingerprint density at radius 1 is 0.804 bits per heavy atom. The summed E-state index contributed by atoms with van der Waals surface area (Å²) in [5, 5.41) is 9.42. The Balaban J connectivity index is 1.16. The molecule has 0 radical (unpaired) electrons. The molecule has 4 aliphatic carbocycles. The summed E-state index contributed by atoms with van der Waals surface area (Å²) in [6.07, 6.45) is 10.0. The van der Waals surface area contributed by atoms with Crippen molar-refractivity contribution in [2.45, 2.75) is 111 Å². The summed E-state index contributed by atoms with van der Waals surface area (Å²) in [5.74, 6) is 0.831. The van der Waals surface area contributed by atoms with Gasteiger partial charge in [-0.3, -0.25) is 9.59 Å². The number of carboxylic acids is 1. The van der Waals surface area contributed by atoms with Gasteiger partial charge >= 0.3 is 11.9 Å². The molecule has 46 heavy (non-hydrogen) atoms. The molecule has 6 heteroatoms. The van der Waals surface area contributed by atoms with Crippen molar-refractivity contribution in [3.8, 4) is 0 Å². The Labute approximate surface area is 274 Å². The first-order valence-corrected chi connectivity index (χ1v) is 17.7. The lowest BCUT2D eigenvalue weighted by Gasteiger charge is -2.72. The number of hydrogen-bond donors (Lipinski definition) is 1. The van der Waals surface area contributed by atoms with Crippen molar-refractivity contribution in [1.82, 2.24) is 0 Å². The van der Waals surface area contributed by atoms with Crippen LogP contribution in [-0.2, 0) is 20.9 Å². The summed E-state index contributed by atoms with van der Waals surface area (Å²) in [4.78, 5) is 41.6. The van der Waals surface area contributed by atoms with Crippen LogP contribution in [0.4, 0.5) is 5.69 Å². The van der Waals surface area contributed by atoms with Gasteiger partial charge < -0.3 is 14.7 Å². The van der Waals surface area contributed by atoms with Gasteiger partial charge in [0, 0.05) is 17.6 Å². The summed E-state index contributed by atoms with van der Waals surface area (Å²) in [5.41, 5.74) is 1.38. The maximum atomic E-state index is 14.2. The number of carbonyl (C=O) groups excluding carboxylic acids is 2. The van der Waals surface area contributed by atoms with Crippen molar-refractivity contribution in [3.05, 3.63) is 65.7 Å². The van der Waals surface area contributed by atoms with E-state index in [-0.39, 0.29) is 39.1 Å². The molecule has 1 amide bonds. The van der Waals surface area contributed by atoms with Crippen LogP contribution in [0, 0.1) is 45.3 Å². The lowest BCUT2D eigenvalue weighted by molar-refractivity contribution is -0.228. The van der Waals surface area contributed by atoms with E-state index >= 15 is 0 Å². The van der Waals surface area contributed by atoms with Crippen molar-refractivity contribution in [2.24, 2.45) is 45.3 Å². The van der Waals surface area contributed by atoms with Gasteiger partial charge in [-0.2, -0.15) is 0 Å². The first kappa shape index (κ1) is 31.4. The summed E-state index contributed by atoms with van der Waals surface area (Å²) >= 11 is 0. The zero-order valence-electron chi connectivity index (χ0n) is 28.3. The monoisotopic (exact) mass is 625 g/mol. The lowest BCUT2D eigenvalue weighted by Crippen LogP contribution is -2.70. The molecule has 5 fully saturated rings. The van der Waals surface area contributed by atoms with E-state index in [4.69, 9.17) is 4.74 Å². The number of carbonyl (C=O) groups is 3. The number of nitrogens with zero attached hydrogens (tertiary/aromatic N) is 1. The molecule has 5 aliphatic rings. The van der Waals surface area contributed by atoms with Gasteiger partial charge in [0.2, 0.25) is 5.91 Å². The van der Waals surface area contributed by atoms with E-state index in [0.29, 0.717) is 36.7 Å². The number of rotatable bonds is 5. The number of fused-ring (bicyclic) bond motifs is 7. The van der Waals surface area contributed by atoms with Crippen molar-refractivity contribution in [3.63, 3.8) is 0 Å². The third-order valence-electron chi connectivity index (χ3n) is 14.8. The second kappa shape index (κ2) is 10.7. The average Bonchev–Trinajstić information content (AvgIpc) is 3.46. The number of aromatic carboxylic acids is 1. The first-order chi connectivity index (χ1) is 21.8. The van der Waals surface area contributed by atoms with Crippen LogP contribution in [0.2, 0.25) is 0 Å². The Morgan fingerprint density at radius 2 is 1.52 bits per heavy atom. The smallest absolute Gasteiger partial charge is 0.335 e. The molecule has 246 valence electrons. The molecule has 0 aromatic heterocycles. The van der Waals surface area contributed by atoms with Gasteiger partial charge in [-0.15, -0.1) is 0 Å². The summed E-state index contributed by atoms with van der Waals surface area (Å²) in [6, 6.07) is 16.9. The minimum absolute atomic E-state index is 0.0277. The van der Waals surface area contributed by atoms with Crippen LogP contribution in [0.1, 0.15) is 115 Å². The van der Waals surface area contributed by atoms with Gasteiger partial charge in [-0.1, -0.05) is 57.5 Å². The molecule has 1 heterocycles. The number of benzene rings is 2. The summed E-state index contributed by atoms with van der Waals surface area (Å²) in [7, 11) is 0. The molecule has 1 N–H and O–H groups in total. The van der Waals surface area contributed by atoms with Crippen molar-refractivity contribution in [2.75, 3.05) is 4.90 Å². The number of esters is 1. The zero-order chi connectivity index (χ0) is 32.7. The van der Waals surface area contributed by atoms with Crippen LogP contribution >= 0.6 is 0 Å². The topological polar surface area (TPSA) is 83.9 Å². The number of anilines is 1. The summed E-state index contributed by atoms with van der Waals surface area (Å²) in [6.45, 7) is 12.3. The zero-order valence-corrected chi connectivity index (χ0v) is 28.3. The molecule has 0 spiro atoms. The molecular formula is C40H51NO5. The third-order valence-corrected chi connectivity index (χ3v) is 14.8. The van der Waals surface area contributed by atoms with E-state index in [0.717, 1.165) is 69.0 Å². The minimum Gasteiger partial charge on any atom is -0.478 e. The molecular weight excluding hydrogens is 574 g/mol. The normalized spacial score (nSPS) is 39.4. The van der Waals surface area contributed by atoms with E-state index in [9.17, 15) is 19.5 Å². The van der Waals surface area contributed by atoms with Crippen LogP contribution in [0.3, 0.4) is 0 Å². The second-order valence-corrected chi connectivity index (χ2v) is 16.8. The van der Waals surface area contributed by atoms with Crippen LogP contribution in [-0.4, -0.2) is 28.5 Å². The highest BCUT2D eigenvalue weighted by Gasteiger charge is 2.71. The van der Waals surface area contributed by atoms with E-state index in [1.165, 1.54) is 0 Å². The van der Waals surface area contributed by atoms with Crippen molar-refractivity contribution in [1.29, 1.82) is 0 Å².